The Morgan fingerprint density at radius 3 is 2.44 bits per heavy atom. The minimum Gasteiger partial charge on any atom is -0.488 e. The molecule has 0 amide bonds. The molecule has 0 aliphatic heterocycles. The van der Waals surface area contributed by atoms with Gasteiger partial charge in [0.25, 0.3) is 0 Å². The Morgan fingerprint density at radius 1 is 1.00 bits per heavy atom. The van der Waals surface area contributed by atoms with Gasteiger partial charge in [0.05, 0.1) is 6.61 Å². The molecule has 0 unspecified atom stereocenters. The van der Waals surface area contributed by atoms with Gasteiger partial charge in [-0.1, -0.05) is 45.2 Å². The molecule has 0 aliphatic rings. The number of aliphatic hydroxyl groups is 1. The van der Waals surface area contributed by atoms with E-state index in [0.29, 0.717) is 29.7 Å². The lowest BCUT2D eigenvalue weighted by atomic mass is 10.2. The van der Waals surface area contributed by atoms with Crippen molar-refractivity contribution < 1.29 is 9.84 Å². The Balaban J connectivity index is 1.96. The van der Waals surface area contributed by atoms with Crippen LogP contribution in [0.4, 0.5) is 0 Å². The van der Waals surface area contributed by atoms with Crippen LogP contribution in [-0.2, 0) is 13.2 Å². The number of hydrogen-bond donors (Lipinski definition) is 3. The van der Waals surface area contributed by atoms with E-state index in [-0.39, 0.29) is 6.61 Å². The summed E-state index contributed by atoms with van der Waals surface area (Å²) >= 11 is 15.9. The summed E-state index contributed by atoms with van der Waals surface area (Å²) in [6.07, 6.45) is 0. The van der Waals surface area contributed by atoms with E-state index in [2.05, 4.69) is 26.6 Å². The smallest absolute Gasteiger partial charge is 0.124 e. The molecule has 25 heavy (non-hydrogen) atoms. The number of benzene rings is 2. The molecule has 0 bridgehead atoms. The molecule has 0 aliphatic carbocycles. The lowest BCUT2D eigenvalue weighted by molar-refractivity contribution is 0.292. The second-order valence-corrected chi connectivity index (χ2v) is 7.12. The first-order chi connectivity index (χ1) is 12.1. The first-order valence-electron chi connectivity index (χ1n) is 7.98. The number of rotatable bonds is 10. The van der Waals surface area contributed by atoms with Gasteiger partial charge in [-0.2, -0.15) is 0 Å². The van der Waals surface area contributed by atoms with E-state index in [1.54, 1.807) is 12.1 Å². The van der Waals surface area contributed by atoms with Crippen molar-refractivity contribution in [3.05, 3.63) is 62.0 Å². The van der Waals surface area contributed by atoms with E-state index in [1.807, 2.05) is 24.3 Å². The maximum Gasteiger partial charge on any atom is 0.124 e. The van der Waals surface area contributed by atoms with Crippen LogP contribution in [0.2, 0.25) is 10.0 Å². The number of ether oxygens (including phenoxy) is 1. The topological polar surface area (TPSA) is 53.5 Å². The second-order valence-electron chi connectivity index (χ2n) is 5.39. The van der Waals surface area contributed by atoms with Crippen LogP contribution in [0.3, 0.4) is 0 Å². The van der Waals surface area contributed by atoms with Gasteiger partial charge in [0.15, 0.2) is 0 Å². The van der Waals surface area contributed by atoms with Gasteiger partial charge in [-0.25, -0.2) is 0 Å². The molecule has 0 aromatic heterocycles. The van der Waals surface area contributed by atoms with Crippen molar-refractivity contribution >= 4 is 39.1 Å². The summed E-state index contributed by atoms with van der Waals surface area (Å²) in [5.41, 5.74) is 1.82. The van der Waals surface area contributed by atoms with Crippen molar-refractivity contribution in [2.24, 2.45) is 0 Å². The predicted molar refractivity (Wildman–Crippen MR) is 107 cm³/mol. The molecule has 0 fully saturated rings. The van der Waals surface area contributed by atoms with Crippen molar-refractivity contribution in [2.75, 3.05) is 26.2 Å². The van der Waals surface area contributed by atoms with Crippen LogP contribution in [0.1, 0.15) is 11.1 Å². The molecule has 2 rings (SSSR count). The molecule has 0 saturated heterocycles. The monoisotopic (exact) mass is 446 g/mol. The highest BCUT2D eigenvalue weighted by Gasteiger charge is 2.09. The molecule has 3 N–H and O–H groups in total. The fourth-order valence-electron chi connectivity index (χ4n) is 2.25. The summed E-state index contributed by atoms with van der Waals surface area (Å²) in [5.74, 6) is 0.787. The van der Waals surface area contributed by atoms with E-state index in [4.69, 9.17) is 33.0 Å². The molecule has 0 saturated carbocycles. The van der Waals surface area contributed by atoms with E-state index < -0.39 is 0 Å². The maximum absolute atomic E-state index is 8.74. The summed E-state index contributed by atoms with van der Waals surface area (Å²) in [6, 6.07) is 11.3. The molecular formula is C18H21BrCl2N2O2. The maximum atomic E-state index is 8.74. The quantitative estimate of drug-likeness (QED) is 0.481. The molecule has 0 heterocycles. The summed E-state index contributed by atoms with van der Waals surface area (Å²) in [7, 11) is 0. The Bertz CT molecular complexity index is 666. The molecule has 2 aromatic rings. The first-order valence-corrected chi connectivity index (χ1v) is 9.53. The molecule has 0 atom stereocenters. The van der Waals surface area contributed by atoms with Crippen molar-refractivity contribution in [3.8, 4) is 5.75 Å². The van der Waals surface area contributed by atoms with Gasteiger partial charge in [0.1, 0.15) is 12.4 Å². The van der Waals surface area contributed by atoms with Crippen LogP contribution in [0.5, 0.6) is 5.75 Å². The van der Waals surface area contributed by atoms with Crippen molar-refractivity contribution in [2.45, 2.75) is 13.2 Å². The number of halogens is 3. The van der Waals surface area contributed by atoms with E-state index in [0.717, 1.165) is 34.4 Å². The normalized spacial score (nSPS) is 10.9. The number of nitrogens with one attached hydrogen (secondary N) is 2. The van der Waals surface area contributed by atoms with Crippen LogP contribution in [0, 0.1) is 0 Å². The minimum absolute atomic E-state index is 0.147. The average molecular weight is 448 g/mol. The highest BCUT2D eigenvalue weighted by molar-refractivity contribution is 9.10. The SMILES string of the molecule is OCCNCCNCc1cc(Br)ccc1OCc1c(Cl)cccc1Cl. The molecule has 4 nitrogen and oxygen atoms in total. The van der Waals surface area contributed by atoms with E-state index in [1.165, 1.54) is 0 Å². The fraction of sp³-hybridized carbons (Fsp3) is 0.333. The molecule has 0 radical (unpaired) electrons. The van der Waals surface area contributed by atoms with Gasteiger partial charge in [-0.15, -0.1) is 0 Å². The Hall–Kier alpha value is -0.820. The third-order valence-corrected chi connectivity index (χ3v) is 4.74. The molecular weight excluding hydrogens is 427 g/mol. The van der Waals surface area contributed by atoms with Gasteiger partial charge < -0.3 is 20.5 Å². The predicted octanol–water partition coefficient (Wildman–Crippen LogP) is 4.01. The number of hydrogen-bond acceptors (Lipinski definition) is 4. The van der Waals surface area contributed by atoms with E-state index >= 15 is 0 Å². The standard InChI is InChI=1S/C18H21BrCl2N2O2/c19-14-4-5-18(13(10-14)11-23-7-6-22-8-9-24)25-12-15-16(20)2-1-3-17(15)21/h1-5,10,22-24H,6-9,11-12H2. The molecule has 7 heteroatoms. The Morgan fingerprint density at radius 2 is 1.72 bits per heavy atom. The highest BCUT2D eigenvalue weighted by Crippen LogP contribution is 2.28. The summed E-state index contributed by atoms with van der Waals surface area (Å²) in [5, 5.41) is 16.4. The summed E-state index contributed by atoms with van der Waals surface area (Å²) in [6.45, 7) is 3.32. The van der Waals surface area contributed by atoms with Crippen LogP contribution < -0.4 is 15.4 Å². The van der Waals surface area contributed by atoms with Gasteiger partial charge in [-0.05, 0) is 30.3 Å². The largest absolute Gasteiger partial charge is 0.488 e. The van der Waals surface area contributed by atoms with Crippen molar-refractivity contribution in [1.82, 2.24) is 10.6 Å². The lowest BCUT2D eigenvalue weighted by Crippen LogP contribution is -2.28. The van der Waals surface area contributed by atoms with Crippen LogP contribution >= 0.6 is 39.1 Å². The number of aliphatic hydroxyl groups excluding tert-OH is 1. The van der Waals surface area contributed by atoms with Crippen molar-refractivity contribution in [3.63, 3.8) is 0 Å². The Kier molecular flexibility index (Phi) is 9.03. The zero-order chi connectivity index (χ0) is 18.1. The lowest BCUT2D eigenvalue weighted by Gasteiger charge is -2.14. The van der Waals surface area contributed by atoms with Crippen molar-refractivity contribution in [1.29, 1.82) is 0 Å². The van der Waals surface area contributed by atoms with Crippen LogP contribution in [-0.4, -0.2) is 31.3 Å². The third-order valence-electron chi connectivity index (χ3n) is 3.54. The summed E-state index contributed by atoms with van der Waals surface area (Å²) < 4.78 is 6.95. The third kappa shape index (κ3) is 6.77. The van der Waals surface area contributed by atoms with Crippen LogP contribution in [0.15, 0.2) is 40.9 Å². The fourth-order valence-corrected chi connectivity index (χ4v) is 3.17. The minimum atomic E-state index is 0.147. The van der Waals surface area contributed by atoms with Gasteiger partial charge in [0.2, 0.25) is 0 Å². The summed E-state index contributed by atoms with van der Waals surface area (Å²) in [4.78, 5) is 0. The zero-order valence-corrected chi connectivity index (χ0v) is 16.8. The van der Waals surface area contributed by atoms with Gasteiger partial charge in [-0.3, -0.25) is 0 Å². The Labute approximate surface area is 166 Å². The second kappa shape index (κ2) is 11.0. The van der Waals surface area contributed by atoms with Gasteiger partial charge in [0, 0.05) is 51.8 Å². The first kappa shape index (κ1) is 20.5. The zero-order valence-electron chi connectivity index (χ0n) is 13.7. The highest BCUT2D eigenvalue weighted by atomic mass is 79.9. The average Bonchev–Trinajstić information content (AvgIpc) is 2.59. The molecule has 2 aromatic carbocycles. The van der Waals surface area contributed by atoms with Crippen LogP contribution in [0.25, 0.3) is 0 Å². The van der Waals surface area contributed by atoms with Gasteiger partial charge >= 0.3 is 0 Å². The molecule has 136 valence electrons. The van der Waals surface area contributed by atoms with E-state index in [9.17, 15) is 0 Å². The molecule has 0 spiro atoms.